The van der Waals surface area contributed by atoms with Crippen molar-refractivity contribution in [1.82, 2.24) is 10.2 Å². The van der Waals surface area contributed by atoms with E-state index >= 15 is 0 Å². The van der Waals surface area contributed by atoms with Crippen LogP contribution in [0.5, 0.6) is 0 Å². The fourth-order valence-electron chi connectivity index (χ4n) is 2.74. The molecule has 0 spiro atoms. The zero-order chi connectivity index (χ0) is 12.8. The Kier molecular flexibility index (Phi) is 5.96. The number of rotatable bonds is 5. The van der Waals surface area contributed by atoms with E-state index in [1.54, 1.807) is 4.90 Å². The number of hydrogen-bond donors (Lipinski definition) is 1. The van der Waals surface area contributed by atoms with Crippen molar-refractivity contribution in [3.63, 3.8) is 0 Å². The Hall–Kier alpha value is -0.570. The molecule has 1 amide bonds. The molecule has 2 unspecified atom stereocenters. The van der Waals surface area contributed by atoms with Gasteiger partial charge in [0.2, 0.25) is 5.91 Å². The first-order valence-corrected chi connectivity index (χ1v) is 7.03. The van der Waals surface area contributed by atoms with E-state index in [4.69, 9.17) is 0 Å². The van der Waals surface area contributed by atoms with Gasteiger partial charge in [0.15, 0.2) is 0 Å². The van der Waals surface area contributed by atoms with E-state index in [0.717, 1.165) is 12.5 Å². The molecule has 17 heavy (non-hydrogen) atoms. The first-order chi connectivity index (χ1) is 8.06. The van der Waals surface area contributed by atoms with Gasteiger partial charge in [-0.1, -0.05) is 26.7 Å². The molecule has 0 aromatic carbocycles. The lowest BCUT2D eigenvalue weighted by Gasteiger charge is -2.35. The molecule has 0 saturated heterocycles. The Balaban J connectivity index is 2.40. The van der Waals surface area contributed by atoms with E-state index in [0.29, 0.717) is 18.5 Å². The summed E-state index contributed by atoms with van der Waals surface area (Å²) < 4.78 is 0. The molecular formula is C14H28N2O. The molecule has 1 N–H and O–H groups in total. The highest BCUT2D eigenvalue weighted by Crippen LogP contribution is 2.29. The lowest BCUT2D eigenvalue weighted by Crippen LogP contribution is -2.45. The SMILES string of the molecule is CCN(C)C(=O)CNC1CCCCC1C(C)C. The first kappa shape index (κ1) is 14.5. The van der Waals surface area contributed by atoms with Gasteiger partial charge < -0.3 is 10.2 Å². The number of hydrogen-bond acceptors (Lipinski definition) is 2. The summed E-state index contributed by atoms with van der Waals surface area (Å²) in [4.78, 5) is 13.5. The molecule has 2 atom stereocenters. The molecule has 1 fully saturated rings. The average Bonchev–Trinajstić information content (AvgIpc) is 2.35. The van der Waals surface area contributed by atoms with Gasteiger partial charge in [-0.2, -0.15) is 0 Å². The van der Waals surface area contributed by atoms with Crippen LogP contribution in [0.1, 0.15) is 46.5 Å². The van der Waals surface area contributed by atoms with Crippen molar-refractivity contribution in [1.29, 1.82) is 0 Å². The van der Waals surface area contributed by atoms with Crippen LogP contribution in [0, 0.1) is 11.8 Å². The predicted octanol–water partition coefficient (Wildman–Crippen LogP) is 2.27. The molecule has 0 bridgehead atoms. The minimum absolute atomic E-state index is 0.209. The van der Waals surface area contributed by atoms with E-state index in [9.17, 15) is 4.79 Å². The van der Waals surface area contributed by atoms with Gasteiger partial charge in [0.25, 0.3) is 0 Å². The van der Waals surface area contributed by atoms with Crippen LogP contribution in [0.3, 0.4) is 0 Å². The highest BCUT2D eigenvalue weighted by molar-refractivity contribution is 5.77. The monoisotopic (exact) mass is 240 g/mol. The number of nitrogens with one attached hydrogen (secondary N) is 1. The van der Waals surface area contributed by atoms with Crippen molar-refractivity contribution < 1.29 is 4.79 Å². The lowest BCUT2D eigenvalue weighted by molar-refractivity contribution is -0.129. The van der Waals surface area contributed by atoms with Gasteiger partial charge in [-0.15, -0.1) is 0 Å². The molecule has 3 nitrogen and oxygen atoms in total. The number of carbonyl (C=O) groups excluding carboxylic acids is 1. The lowest BCUT2D eigenvalue weighted by atomic mass is 9.78. The summed E-state index contributed by atoms with van der Waals surface area (Å²) >= 11 is 0. The largest absolute Gasteiger partial charge is 0.345 e. The molecule has 0 aromatic rings. The number of amides is 1. The zero-order valence-electron chi connectivity index (χ0n) is 11.8. The summed E-state index contributed by atoms with van der Waals surface area (Å²) in [6.45, 7) is 7.89. The molecule has 1 aliphatic carbocycles. The van der Waals surface area contributed by atoms with Crippen LogP contribution in [0.15, 0.2) is 0 Å². The van der Waals surface area contributed by atoms with Gasteiger partial charge in [-0.05, 0) is 31.6 Å². The van der Waals surface area contributed by atoms with Crippen LogP contribution in [0.25, 0.3) is 0 Å². The van der Waals surface area contributed by atoms with Crippen LogP contribution in [-0.4, -0.2) is 37.0 Å². The third kappa shape index (κ3) is 4.30. The van der Waals surface area contributed by atoms with Crippen LogP contribution >= 0.6 is 0 Å². The summed E-state index contributed by atoms with van der Waals surface area (Å²) in [6, 6.07) is 0.540. The van der Waals surface area contributed by atoms with Gasteiger partial charge in [-0.25, -0.2) is 0 Å². The quantitative estimate of drug-likeness (QED) is 0.799. The maximum atomic E-state index is 11.8. The van der Waals surface area contributed by atoms with Crippen molar-refractivity contribution in [2.24, 2.45) is 11.8 Å². The smallest absolute Gasteiger partial charge is 0.236 e. The highest BCUT2D eigenvalue weighted by Gasteiger charge is 2.27. The van der Waals surface area contributed by atoms with Crippen LogP contribution in [0.2, 0.25) is 0 Å². The average molecular weight is 240 g/mol. The van der Waals surface area contributed by atoms with Gasteiger partial charge in [-0.3, -0.25) is 4.79 Å². The molecule has 0 heterocycles. The van der Waals surface area contributed by atoms with E-state index in [1.165, 1.54) is 25.7 Å². The van der Waals surface area contributed by atoms with Crippen LogP contribution in [-0.2, 0) is 4.79 Å². The zero-order valence-corrected chi connectivity index (χ0v) is 11.8. The predicted molar refractivity (Wildman–Crippen MR) is 71.9 cm³/mol. The van der Waals surface area contributed by atoms with Gasteiger partial charge in [0.05, 0.1) is 6.54 Å². The third-order valence-corrected chi connectivity index (χ3v) is 4.09. The van der Waals surface area contributed by atoms with Crippen molar-refractivity contribution in [3.8, 4) is 0 Å². The molecule has 0 radical (unpaired) electrons. The van der Waals surface area contributed by atoms with Gasteiger partial charge in [0, 0.05) is 19.6 Å². The minimum atomic E-state index is 0.209. The molecule has 1 aliphatic rings. The van der Waals surface area contributed by atoms with Crippen molar-refractivity contribution in [2.45, 2.75) is 52.5 Å². The number of likely N-dealkylation sites (N-methyl/N-ethyl adjacent to an activating group) is 1. The van der Waals surface area contributed by atoms with E-state index < -0.39 is 0 Å². The minimum Gasteiger partial charge on any atom is -0.345 e. The Morgan fingerprint density at radius 1 is 1.35 bits per heavy atom. The summed E-state index contributed by atoms with van der Waals surface area (Å²) in [5, 5.41) is 3.48. The number of nitrogens with zero attached hydrogens (tertiary/aromatic N) is 1. The summed E-state index contributed by atoms with van der Waals surface area (Å²) in [7, 11) is 1.87. The second-order valence-corrected chi connectivity index (χ2v) is 5.59. The first-order valence-electron chi connectivity index (χ1n) is 7.03. The molecule has 0 aliphatic heterocycles. The van der Waals surface area contributed by atoms with Crippen molar-refractivity contribution in [3.05, 3.63) is 0 Å². The Labute approximate surface area is 106 Å². The van der Waals surface area contributed by atoms with E-state index in [-0.39, 0.29) is 5.91 Å². The van der Waals surface area contributed by atoms with E-state index in [1.807, 2.05) is 14.0 Å². The highest BCUT2D eigenvalue weighted by atomic mass is 16.2. The second-order valence-electron chi connectivity index (χ2n) is 5.59. The second kappa shape index (κ2) is 7.00. The maximum Gasteiger partial charge on any atom is 0.236 e. The molecule has 1 saturated carbocycles. The normalized spacial score (nSPS) is 25.0. The Bertz CT molecular complexity index is 240. The maximum absolute atomic E-state index is 11.8. The molecule has 0 aromatic heterocycles. The topological polar surface area (TPSA) is 32.3 Å². The van der Waals surface area contributed by atoms with Gasteiger partial charge >= 0.3 is 0 Å². The number of carbonyl (C=O) groups is 1. The molecule has 3 heteroatoms. The Morgan fingerprint density at radius 3 is 2.59 bits per heavy atom. The van der Waals surface area contributed by atoms with Crippen molar-refractivity contribution in [2.75, 3.05) is 20.1 Å². The molecular weight excluding hydrogens is 212 g/mol. The van der Waals surface area contributed by atoms with E-state index in [2.05, 4.69) is 19.2 Å². The third-order valence-electron chi connectivity index (χ3n) is 4.09. The van der Waals surface area contributed by atoms with Crippen molar-refractivity contribution >= 4 is 5.91 Å². The molecule has 100 valence electrons. The summed E-state index contributed by atoms with van der Waals surface area (Å²) in [5.74, 6) is 1.66. The van der Waals surface area contributed by atoms with Crippen LogP contribution in [0.4, 0.5) is 0 Å². The van der Waals surface area contributed by atoms with Crippen LogP contribution < -0.4 is 5.32 Å². The molecule has 1 rings (SSSR count). The Morgan fingerprint density at radius 2 is 2.00 bits per heavy atom. The summed E-state index contributed by atoms with van der Waals surface area (Å²) in [5.41, 5.74) is 0. The fourth-order valence-corrected chi connectivity index (χ4v) is 2.74. The summed E-state index contributed by atoms with van der Waals surface area (Å²) in [6.07, 6.45) is 5.20. The van der Waals surface area contributed by atoms with Gasteiger partial charge in [0.1, 0.15) is 0 Å². The standard InChI is InChI=1S/C14H28N2O/c1-5-16(4)14(17)10-15-13-9-7-6-8-12(13)11(2)3/h11-13,15H,5-10H2,1-4H3. The fraction of sp³-hybridized carbons (Fsp3) is 0.929.